The molecular formula is C16H18N2O4S2. The Labute approximate surface area is 145 Å². The Hall–Kier alpha value is -2.06. The van der Waals surface area contributed by atoms with E-state index < -0.39 is 16.1 Å². The van der Waals surface area contributed by atoms with Gasteiger partial charge < -0.3 is 10.1 Å². The predicted octanol–water partition coefficient (Wildman–Crippen LogP) is 2.23. The predicted molar refractivity (Wildman–Crippen MR) is 93.0 cm³/mol. The Kier molecular flexibility index (Phi) is 4.77. The standard InChI is InChI=1S/C16H18N2O4S2/c1-2-9-17-16(19)14-11-18(12-6-3-4-7-13(12)22-14)24(20,21)15-8-5-10-23-15/h3-8,10,14H,2,9,11H2,1H3,(H,17,19). The number of carbonyl (C=O) groups excluding carboxylic acids is 1. The number of amides is 1. The minimum Gasteiger partial charge on any atom is -0.476 e. The Morgan fingerprint density at radius 2 is 2.12 bits per heavy atom. The molecule has 1 unspecified atom stereocenters. The van der Waals surface area contributed by atoms with Crippen LogP contribution in [0, 0.1) is 0 Å². The second-order valence-electron chi connectivity index (χ2n) is 5.33. The molecule has 1 N–H and O–H groups in total. The normalized spacial score (nSPS) is 17.0. The molecule has 0 bridgehead atoms. The number of anilines is 1. The second kappa shape index (κ2) is 6.82. The van der Waals surface area contributed by atoms with E-state index in [1.54, 1.807) is 41.8 Å². The van der Waals surface area contributed by atoms with Gasteiger partial charge in [0.05, 0.1) is 12.2 Å². The van der Waals surface area contributed by atoms with Crippen molar-refractivity contribution in [2.24, 2.45) is 0 Å². The van der Waals surface area contributed by atoms with Crippen LogP contribution >= 0.6 is 11.3 Å². The summed E-state index contributed by atoms with van der Waals surface area (Å²) in [5.74, 6) is 0.0817. The molecule has 0 radical (unpaired) electrons. The highest BCUT2D eigenvalue weighted by molar-refractivity contribution is 7.94. The van der Waals surface area contributed by atoms with Gasteiger partial charge in [0, 0.05) is 6.54 Å². The van der Waals surface area contributed by atoms with Crippen molar-refractivity contribution in [3.05, 3.63) is 41.8 Å². The second-order valence-corrected chi connectivity index (χ2v) is 8.37. The Bertz CT molecular complexity index is 818. The number of para-hydroxylation sites is 2. The molecule has 24 heavy (non-hydrogen) atoms. The van der Waals surface area contributed by atoms with E-state index in [9.17, 15) is 13.2 Å². The molecule has 128 valence electrons. The van der Waals surface area contributed by atoms with Crippen LogP contribution in [0.4, 0.5) is 5.69 Å². The minimum atomic E-state index is -3.73. The highest BCUT2D eigenvalue weighted by atomic mass is 32.2. The first-order valence-electron chi connectivity index (χ1n) is 7.63. The number of hydrogen-bond acceptors (Lipinski definition) is 5. The molecule has 0 saturated carbocycles. The maximum absolute atomic E-state index is 12.9. The van der Waals surface area contributed by atoms with Crippen LogP contribution in [0.15, 0.2) is 46.0 Å². The van der Waals surface area contributed by atoms with Crippen LogP contribution in [0.1, 0.15) is 13.3 Å². The molecule has 0 spiro atoms. The first-order chi connectivity index (χ1) is 11.5. The average Bonchev–Trinajstić information content (AvgIpc) is 3.14. The number of hydrogen-bond donors (Lipinski definition) is 1. The molecule has 3 rings (SSSR count). The first-order valence-corrected chi connectivity index (χ1v) is 9.95. The molecule has 8 heteroatoms. The van der Waals surface area contributed by atoms with Gasteiger partial charge in [0.1, 0.15) is 9.96 Å². The summed E-state index contributed by atoms with van der Waals surface area (Å²) >= 11 is 1.15. The summed E-state index contributed by atoms with van der Waals surface area (Å²) in [6, 6.07) is 10.1. The molecule has 1 aromatic carbocycles. The van der Waals surface area contributed by atoms with Gasteiger partial charge in [-0.25, -0.2) is 8.42 Å². The Morgan fingerprint density at radius 1 is 1.33 bits per heavy atom. The van der Waals surface area contributed by atoms with Crippen molar-refractivity contribution in [3.8, 4) is 5.75 Å². The Morgan fingerprint density at radius 3 is 2.83 bits per heavy atom. The van der Waals surface area contributed by atoms with Crippen LogP contribution in [-0.2, 0) is 14.8 Å². The van der Waals surface area contributed by atoms with Crippen molar-refractivity contribution in [1.82, 2.24) is 5.32 Å². The van der Waals surface area contributed by atoms with Gasteiger partial charge in [-0.15, -0.1) is 11.3 Å². The zero-order valence-corrected chi connectivity index (χ0v) is 14.8. The zero-order valence-electron chi connectivity index (χ0n) is 13.1. The molecule has 0 aliphatic carbocycles. The monoisotopic (exact) mass is 366 g/mol. The van der Waals surface area contributed by atoms with Gasteiger partial charge in [0.2, 0.25) is 0 Å². The molecule has 1 aliphatic rings. The highest BCUT2D eigenvalue weighted by Gasteiger charge is 2.37. The van der Waals surface area contributed by atoms with E-state index in [4.69, 9.17) is 4.74 Å². The number of carbonyl (C=O) groups is 1. The SMILES string of the molecule is CCCNC(=O)C1CN(S(=O)(=O)c2cccs2)c2ccccc2O1. The van der Waals surface area contributed by atoms with E-state index in [2.05, 4.69) is 5.32 Å². The summed E-state index contributed by atoms with van der Waals surface area (Å²) in [6.07, 6.45) is -0.0760. The van der Waals surface area contributed by atoms with Crippen molar-refractivity contribution >= 4 is 33.0 Å². The molecule has 1 atom stereocenters. The fourth-order valence-electron chi connectivity index (χ4n) is 2.45. The van der Waals surface area contributed by atoms with Gasteiger partial charge in [-0.05, 0) is 30.0 Å². The highest BCUT2D eigenvalue weighted by Crippen LogP contribution is 2.37. The topological polar surface area (TPSA) is 75.7 Å². The zero-order chi connectivity index (χ0) is 17.2. The van der Waals surface area contributed by atoms with E-state index in [-0.39, 0.29) is 16.7 Å². The fourth-order valence-corrected chi connectivity index (χ4v) is 5.03. The lowest BCUT2D eigenvalue weighted by atomic mass is 10.2. The van der Waals surface area contributed by atoms with E-state index in [1.807, 2.05) is 6.92 Å². The summed E-state index contributed by atoms with van der Waals surface area (Å²) in [4.78, 5) is 12.3. The maximum Gasteiger partial charge on any atom is 0.274 e. The van der Waals surface area contributed by atoms with Crippen molar-refractivity contribution in [2.45, 2.75) is 23.7 Å². The average molecular weight is 366 g/mol. The van der Waals surface area contributed by atoms with Crippen LogP contribution in [0.5, 0.6) is 5.75 Å². The third kappa shape index (κ3) is 3.11. The number of rotatable bonds is 5. The van der Waals surface area contributed by atoms with Gasteiger partial charge in [-0.2, -0.15) is 0 Å². The van der Waals surface area contributed by atoms with Gasteiger partial charge >= 0.3 is 0 Å². The quantitative estimate of drug-likeness (QED) is 0.880. The van der Waals surface area contributed by atoms with Crippen molar-refractivity contribution in [1.29, 1.82) is 0 Å². The summed E-state index contributed by atoms with van der Waals surface area (Å²) in [7, 11) is -3.73. The molecule has 1 aliphatic heterocycles. The van der Waals surface area contributed by atoms with Crippen molar-refractivity contribution < 1.29 is 17.9 Å². The lowest BCUT2D eigenvalue weighted by Gasteiger charge is -2.34. The fraction of sp³-hybridized carbons (Fsp3) is 0.312. The van der Waals surface area contributed by atoms with Crippen molar-refractivity contribution in [3.63, 3.8) is 0 Å². The van der Waals surface area contributed by atoms with Crippen LogP contribution in [0.3, 0.4) is 0 Å². The lowest BCUT2D eigenvalue weighted by molar-refractivity contribution is -0.127. The van der Waals surface area contributed by atoms with Crippen LogP contribution in [0.25, 0.3) is 0 Å². The number of thiophene rings is 1. The molecule has 1 aromatic heterocycles. The molecule has 2 heterocycles. The number of sulfonamides is 1. The minimum absolute atomic E-state index is 0.0488. The maximum atomic E-state index is 12.9. The van der Waals surface area contributed by atoms with Gasteiger partial charge in [0.15, 0.2) is 6.10 Å². The number of nitrogens with one attached hydrogen (secondary N) is 1. The molecule has 0 saturated heterocycles. The van der Waals surface area contributed by atoms with E-state index in [0.717, 1.165) is 17.8 Å². The third-order valence-electron chi connectivity index (χ3n) is 3.62. The van der Waals surface area contributed by atoms with E-state index in [0.29, 0.717) is 18.0 Å². The van der Waals surface area contributed by atoms with Crippen LogP contribution in [0.2, 0.25) is 0 Å². The number of nitrogens with zero attached hydrogens (tertiary/aromatic N) is 1. The number of ether oxygens (including phenoxy) is 1. The largest absolute Gasteiger partial charge is 0.476 e. The molecule has 2 aromatic rings. The van der Waals surface area contributed by atoms with Gasteiger partial charge in [-0.1, -0.05) is 25.1 Å². The Balaban J connectivity index is 1.97. The summed E-state index contributed by atoms with van der Waals surface area (Å²) in [5.41, 5.74) is 0.449. The molecule has 1 amide bonds. The van der Waals surface area contributed by atoms with Crippen LogP contribution < -0.4 is 14.4 Å². The molecule has 0 fully saturated rings. The number of benzene rings is 1. The summed E-state index contributed by atoms with van der Waals surface area (Å²) in [5, 5.41) is 4.47. The lowest BCUT2D eigenvalue weighted by Crippen LogP contribution is -2.50. The molecule has 6 nitrogen and oxygen atoms in total. The van der Waals surface area contributed by atoms with Crippen LogP contribution in [-0.4, -0.2) is 33.5 Å². The number of fused-ring (bicyclic) bond motifs is 1. The van der Waals surface area contributed by atoms with Gasteiger partial charge in [0.25, 0.3) is 15.9 Å². The smallest absolute Gasteiger partial charge is 0.274 e. The van der Waals surface area contributed by atoms with E-state index >= 15 is 0 Å². The van der Waals surface area contributed by atoms with Gasteiger partial charge in [-0.3, -0.25) is 9.10 Å². The van der Waals surface area contributed by atoms with Crippen molar-refractivity contribution in [2.75, 3.05) is 17.4 Å². The molecular weight excluding hydrogens is 348 g/mol. The van der Waals surface area contributed by atoms with E-state index in [1.165, 1.54) is 4.31 Å². The summed E-state index contributed by atoms with van der Waals surface area (Å²) < 4.78 is 33.1. The first kappa shape index (κ1) is 16.8. The third-order valence-corrected chi connectivity index (χ3v) is 6.77. The summed E-state index contributed by atoms with van der Waals surface area (Å²) in [6.45, 7) is 2.43.